The summed E-state index contributed by atoms with van der Waals surface area (Å²) < 4.78 is 5.51. The lowest BCUT2D eigenvalue weighted by atomic mass is 9.78. The number of benzene rings is 3. The average Bonchev–Trinajstić information content (AvgIpc) is 3.36. The molecule has 0 saturated carbocycles. The highest BCUT2D eigenvalue weighted by atomic mass is 16.5. The van der Waals surface area contributed by atoms with Gasteiger partial charge in [-0.2, -0.15) is 5.10 Å². The third-order valence-electron chi connectivity index (χ3n) is 7.42. The number of anilines is 2. The Morgan fingerprint density at radius 2 is 1.67 bits per heavy atom. The summed E-state index contributed by atoms with van der Waals surface area (Å²) in [5.74, 6) is 0.675. The van der Waals surface area contributed by atoms with Crippen molar-refractivity contribution < 1.29 is 14.6 Å². The number of aromatic nitrogens is 2. The smallest absolute Gasteiger partial charge is 0.287 e. The summed E-state index contributed by atoms with van der Waals surface area (Å²) in [5, 5.41) is 20.5. The molecule has 0 aliphatic heterocycles. The van der Waals surface area contributed by atoms with Gasteiger partial charge in [0, 0.05) is 44.5 Å². The van der Waals surface area contributed by atoms with Crippen molar-refractivity contribution in [2.24, 2.45) is 5.10 Å². The van der Waals surface area contributed by atoms with Gasteiger partial charge in [0.25, 0.3) is 5.91 Å². The average molecular weight is 578 g/mol. The lowest BCUT2D eigenvalue weighted by Gasteiger charge is -2.27. The summed E-state index contributed by atoms with van der Waals surface area (Å²) in [7, 11) is 1.64. The number of nitrogens with one attached hydrogen (secondary N) is 3. The molecule has 0 radical (unpaired) electrons. The molecule has 43 heavy (non-hydrogen) atoms. The molecular weight excluding hydrogens is 538 g/mol. The number of ether oxygens (including phenoxy) is 1. The lowest BCUT2D eigenvalue weighted by Crippen LogP contribution is -2.19. The Morgan fingerprint density at radius 3 is 2.33 bits per heavy atom. The van der Waals surface area contributed by atoms with Gasteiger partial charge in [0.2, 0.25) is 0 Å². The van der Waals surface area contributed by atoms with Crippen molar-refractivity contribution in [1.82, 2.24) is 15.4 Å². The van der Waals surface area contributed by atoms with Gasteiger partial charge in [0.15, 0.2) is 0 Å². The number of H-pyrrole nitrogens is 1. The van der Waals surface area contributed by atoms with Gasteiger partial charge < -0.3 is 20.1 Å². The first kappa shape index (κ1) is 29.6. The summed E-state index contributed by atoms with van der Waals surface area (Å²) in [6.07, 6.45) is 1.61. The molecule has 5 rings (SSSR count). The highest BCUT2D eigenvalue weighted by Crippen LogP contribution is 2.39. The molecule has 0 aliphatic rings. The molecule has 222 valence electrons. The number of hydrazone groups is 1. The number of aryl methyl sites for hydroxylation is 1. The van der Waals surface area contributed by atoms with Crippen molar-refractivity contribution in [2.45, 2.75) is 59.3 Å². The maximum Gasteiger partial charge on any atom is 0.287 e. The fourth-order valence-electron chi connectivity index (χ4n) is 5.21. The van der Waals surface area contributed by atoms with Crippen LogP contribution in [0.4, 0.5) is 11.4 Å². The van der Waals surface area contributed by atoms with Gasteiger partial charge in [-0.25, -0.2) is 10.4 Å². The zero-order valence-electron chi connectivity index (χ0n) is 26.0. The van der Waals surface area contributed by atoms with Crippen molar-refractivity contribution in [3.63, 3.8) is 0 Å². The van der Waals surface area contributed by atoms with Crippen molar-refractivity contribution in [2.75, 3.05) is 12.4 Å². The molecule has 8 heteroatoms. The number of methoxy groups -OCH3 is 1. The molecule has 0 atom stereocenters. The van der Waals surface area contributed by atoms with Crippen LogP contribution < -0.4 is 15.5 Å². The van der Waals surface area contributed by atoms with E-state index in [1.54, 1.807) is 19.4 Å². The molecule has 0 bridgehead atoms. The summed E-state index contributed by atoms with van der Waals surface area (Å²) in [6.45, 7) is 14.3. The van der Waals surface area contributed by atoms with Crippen LogP contribution in [0.25, 0.3) is 21.8 Å². The molecule has 0 aliphatic carbocycles. The van der Waals surface area contributed by atoms with Crippen molar-refractivity contribution >= 4 is 45.3 Å². The van der Waals surface area contributed by atoms with Gasteiger partial charge in [-0.15, -0.1) is 0 Å². The second-order valence-corrected chi connectivity index (χ2v) is 12.9. The van der Waals surface area contributed by atoms with Gasteiger partial charge >= 0.3 is 0 Å². The molecule has 5 aromatic rings. The largest absolute Gasteiger partial charge is 0.507 e. The number of carbonyl (C=O) groups is 1. The molecule has 1 amide bonds. The minimum atomic E-state index is -0.351. The zero-order valence-corrected chi connectivity index (χ0v) is 26.0. The van der Waals surface area contributed by atoms with E-state index in [1.807, 2.05) is 61.5 Å². The number of aromatic hydroxyl groups is 1. The first-order chi connectivity index (χ1) is 20.2. The molecule has 0 fully saturated rings. The Kier molecular flexibility index (Phi) is 7.65. The first-order valence-corrected chi connectivity index (χ1v) is 14.3. The molecule has 3 aromatic carbocycles. The number of carbonyl (C=O) groups excluding carboxylic acids is 1. The van der Waals surface area contributed by atoms with Crippen LogP contribution in [0.5, 0.6) is 11.5 Å². The molecule has 2 aromatic heterocycles. The number of phenolic OH excluding ortho intramolecular Hbond substituents is 1. The normalized spacial score (nSPS) is 12.3. The molecule has 0 spiro atoms. The van der Waals surface area contributed by atoms with Crippen LogP contribution >= 0.6 is 0 Å². The van der Waals surface area contributed by atoms with Crippen LogP contribution in [0, 0.1) is 6.92 Å². The van der Waals surface area contributed by atoms with E-state index >= 15 is 0 Å². The number of hydrogen-bond donors (Lipinski definition) is 4. The molecule has 2 heterocycles. The summed E-state index contributed by atoms with van der Waals surface area (Å²) in [5.41, 5.74) is 9.29. The van der Waals surface area contributed by atoms with Crippen molar-refractivity contribution in [1.29, 1.82) is 0 Å². The first-order valence-electron chi connectivity index (χ1n) is 14.3. The Bertz CT molecular complexity index is 1840. The quantitative estimate of drug-likeness (QED) is 0.121. The summed E-state index contributed by atoms with van der Waals surface area (Å²) in [4.78, 5) is 20.8. The highest BCUT2D eigenvalue weighted by molar-refractivity contribution is 6.00. The number of rotatable bonds is 6. The number of aromatic amines is 1. The summed E-state index contributed by atoms with van der Waals surface area (Å²) >= 11 is 0. The van der Waals surface area contributed by atoms with Crippen LogP contribution in [0.3, 0.4) is 0 Å². The summed E-state index contributed by atoms with van der Waals surface area (Å²) in [6, 6.07) is 19.4. The molecule has 0 saturated heterocycles. The van der Waals surface area contributed by atoms with Crippen LogP contribution in [0.2, 0.25) is 0 Å². The van der Waals surface area contributed by atoms with E-state index in [-0.39, 0.29) is 16.7 Å². The van der Waals surface area contributed by atoms with E-state index in [4.69, 9.17) is 4.74 Å². The highest BCUT2D eigenvalue weighted by Gasteiger charge is 2.26. The van der Waals surface area contributed by atoms with E-state index in [1.165, 1.54) is 0 Å². The third-order valence-corrected chi connectivity index (χ3v) is 7.42. The SMILES string of the molecule is COc1cccc2c(Nc3ccc4[nH]c(C(=O)N/N=C/c5cc(C(C)(C)C)c(O)c(C(C)(C)C)c5)cc4c3)cc(C)nc12. The minimum Gasteiger partial charge on any atom is -0.507 e. The van der Waals surface area contributed by atoms with Gasteiger partial charge in [-0.05, 0) is 71.8 Å². The topological polar surface area (TPSA) is 112 Å². The number of para-hydroxylation sites is 1. The predicted octanol–water partition coefficient (Wildman–Crippen LogP) is 7.84. The number of pyridine rings is 1. The molecule has 4 N–H and O–H groups in total. The second kappa shape index (κ2) is 11.1. The van der Waals surface area contributed by atoms with Crippen LogP contribution in [0.15, 0.2) is 65.8 Å². The van der Waals surface area contributed by atoms with Gasteiger partial charge in [-0.1, -0.05) is 53.7 Å². The lowest BCUT2D eigenvalue weighted by molar-refractivity contribution is 0.0951. The Hall–Kier alpha value is -4.85. The van der Waals surface area contributed by atoms with Gasteiger partial charge in [-0.3, -0.25) is 4.79 Å². The van der Waals surface area contributed by atoms with Crippen molar-refractivity contribution in [3.05, 3.63) is 88.7 Å². The minimum absolute atomic E-state index is 0.258. The number of fused-ring (bicyclic) bond motifs is 2. The van der Waals surface area contributed by atoms with E-state index in [9.17, 15) is 9.90 Å². The fourth-order valence-corrected chi connectivity index (χ4v) is 5.21. The van der Waals surface area contributed by atoms with E-state index in [0.717, 1.165) is 61.3 Å². The van der Waals surface area contributed by atoms with Gasteiger partial charge in [0.1, 0.15) is 22.7 Å². The number of phenols is 1. The van der Waals surface area contributed by atoms with Crippen LogP contribution in [-0.2, 0) is 10.8 Å². The zero-order chi connectivity index (χ0) is 31.1. The van der Waals surface area contributed by atoms with Crippen molar-refractivity contribution in [3.8, 4) is 11.5 Å². The third kappa shape index (κ3) is 6.18. The standard InChI is InChI=1S/C35H39N5O3/c1-20-14-28(24-10-9-11-30(43-8)31(24)37-20)38-23-12-13-27-22(17-23)18-29(39-27)33(42)40-36-19-21-15-25(34(2,3)4)32(41)26(16-21)35(5,6)7/h9-19,39,41H,1-8H3,(H,37,38)(H,40,42)/b36-19+. The molecule has 8 nitrogen and oxygen atoms in total. The Morgan fingerprint density at radius 1 is 0.977 bits per heavy atom. The second-order valence-electron chi connectivity index (χ2n) is 12.9. The molecule has 0 unspecified atom stereocenters. The molecular formula is C35H39N5O3. The number of amides is 1. The maximum absolute atomic E-state index is 13.0. The Labute approximate surface area is 252 Å². The number of hydrogen-bond acceptors (Lipinski definition) is 6. The van der Waals surface area contributed by atoms with Gasteiger partial charge in [0.05, 0.1) is 13.3 Å². The maximum atomic E-state index is 13.0. The Balaban J connectivity index is 1.36. The monoisotopic (exact) mass is 577 g/mol. The van der Waals surface area contributed by atoms with E-state index in [0.29, 0.717) is 11.4 Å². The van der Waals surface area contributed by atoms with Crippen LogP contribution in [-0.4, -0.2) is 34.3 Å². The fraction of sp³-hybridized carbons (Fsp3) is 0.286. The van der Waals surface area contributed by atoms with Crippen LogP contribution in [0.1, 0.15) is 74.4 Å². The number of nitrogens with zero attached hydrogens (tertiary/aromatic N) is 2. The predicted molar refractivity (Wildman–Crippen MR) is 175 cm³/mol. The van der Waals surface area contributed by atoms with E-state index < -0.39 is 0 Å². The van der Waals surface area contributed by atoms with E-state index in [2.05, 4.69) is 67.4 Å².